The zero-order chi connectivity index (χ0) is 62.8. The minimum absolute atomic E-state index is 0.178. The molecule has 0 saturated carbocycles. The molecule has 514 valence electrons. The van der Waals surface area contributed by atoms with Crippen molar-refractivity contribution in [2.24, 2.45) is 0 Å². The van der Waals surface area contributed by atoms with Gasteiger partial charge in [0.05, 0.1) is 25.4 Å². The minimum Gasteiger partial charge on any atom is -0.394 e. The molecule has 0 aliphatic carbocycles. The van der Waals surface area contributed by atoms with Gasteiger partial charge in [0.2, 0.25) is 5.91 Å². The molecule has 0 spiro atoms. The van der Waals surface area contributed by atoms with Gasteiger partial charge in [-0.1, -0.05) is 371 Å². The lowest BCUT2D eigenvalue weighted by atomic mass is 9.99. The average Bonchev–Trinajstić information content (AvgIpc) is 3.47. The van der Waals surface area contributed by atoms with Gasteiger partial charge in [-0.15, -0.1) is 0 Å². The van der Waals surface area contributed by atoms with Crippen molar-refractivity contribution in [2.45, 2.75) is 442 Å². The zero-order valence-corrected chi connectivity index (χ0v) is 57.8. The first-order chi connectivity index (χ1) is 42.8. The Kier molecular flexibility index (Phi) is 64.5. The summed E-state index contributed by atoms with van der Waals surface area (Å²) in [5.41, 5.74) is 0. The molecule has 0 bridgehead atoms. The maximum Gasteiger partial charge on any atom is 0.220 e. The number of allylic oxidation sites excluding steroid dienone is 5. The van der Waals surface area contributed by atoms with Gasteiger partial charge in [0.1, 0.15) is 24.4 Å². The van der Waals surface area contributed by atoms with Crippen LogP contribution in [0, 0.1) is 0 Å². The molecular formula is C78H149NO8. The van der Waals surface area contributed by atoms with E-state index in [-0.39, 0.29) is 12.5 Å². The number of hydrogen-bond donors (Lipinski definition) is 6. The van der Waals surface area contributed by atoms with E-state index in [0.29, 0.717) is 6.42 Å². The molecule has 0 aromatic carbocycles. The summed E-state index contributed by atoms with van der Waals surface area (Å²) in [6, 6.07) is -0.822. The molecule has 7 atom stereocenters. The third kappa shape index (κ3) is 55.7. The van der Waals surface area contributed by atoms with Crippen LogP contribution in [0.2, 0.25) is 0 Å². The first-order valence-corrected chi connectivity index (χ1v) is 38.7. The highest BCUT2D eigenvalue weighted by Gasteiger charge is 2.44. The fraction of sp³-hybridized carbons (Fsp3) is 0.910. The SMILES string of the molecule is CCCCCCCCCC/C=C\CCCCCCCCCCCCCCCCCCCCCC(=O)NC(COC1OC(CO)C(O)C(O)C1O)C(O)/C=C/CC/C=C/CCCCCCCCCCCCCCCCCCCCCCCCCCCCC. The molecule has 1 aliphatic heterocycles. The number of unbranched alkanes of at least 4 members (excludes halogenated alkanes) is 55. The molecule has 0 radical (unpaired) electrons. The monoisotopic (exact) mass is 1230 g/mol. The normalized spacial score (nSPS) is 18.1. The number of nitrogens with one attached hydrogen (secondary N) is 1. The summed E-state index contributed by atoms with van der Waals surface area (Å²) in [4.78, 5) is 13.2. The predicted octanol–water partition coefficient (Wildman–Crippen LogP) is 21.8. The number of aliphatic hydroxyl groups excluding tert-OH is 5. The number of amides is 1. The van der Waals surface area contributed by atoms with Crippen LogP contribution < -0.4 is 5.32 Å². The average molecular weight is 1230 g/mol. The van der Waals surface area contributed by atoms with Crippen LogP contribution in [0.4, 0.5) is 0 Å². The smallest absolute Gasteiger partial charge is 0.220 e. The Bertz CT molecular complexity index is 1470. The highest BCUT2D eigenvalue weighted by molar-refractivity contribution is 5.76. The third-order valence-electron chi connectivity index (χ3n) is 18.7. The first-order valence-electron chi connectivity index (χ1n) is 38.7. The van der Waals surface area contributed by atoms with Gasteiger partial charge < -0.3 is 40.3 Å². The van der Waals surface area contributed by atoms with Crippen molar-refractivity contribution in [2.75, 3.05) is 13.2 Å². The largest absolute Gasteiger partial charge is 0.394 e. The van der Waals surface area contributed by atoms with E-state index in [1.807, 2.05) is 6.08 Å². The second-order valence-corrected chi connectivity index (χ2v) is 27.1. The molecule has 1 aliphatic rings. The van der Waals surface area contributed by atoms with Crippen LogP contribution >= 0.6 is 0 Å². The van der Waals surface area contributed by atoms with Crippen LogP contribution in [0.1, 0.15) is 399 Å². The Balaban J connectivity index is 2.10. The lowest BCUT2D eigenvalue weighted by Gasteiger charge is -2.40. The lowest BCUT2D eigenvalue weighted by molar-refractivity contribution is -0.302. The van der Waals surface area contributed by atoms with Crippen LogP contribution in [0.5, 0.6) is 0 Å². The molecule has 0 aromatic rings. The van der Waals surface area contributed by atoms with E-state index in [1.165, 1.54) is 340 Å². The number of ether oxygens (including phenoxy) is 2. The highest BCUT2D eigenvalue weighted by Crippen LogP contribution is 2.24. The molecule has 1 heterocycles. The van der Waals surface area contributed by atoms with Crippen molar-refractivity contribution >= 4 is 5.91 Å². The molecule has 7 unspecified atom stereocenters. The van der Waals surface area contributed by atoms with Crippen molar-refractivity contribution in [1.82, 2.24) is 5.32 Å². The third-order valence-corrected chi connectivity index (χ3v) is 18.7. The Morgan fingerprint density at radius 1 is 0.379 bits per heavy atom. The molecule has 0 aromatic heterocycles. The quantitative estimate of drug-likeness (QED) is 0.0261. The van der Waals surface area contributed by atoms with Gasteiger partial charge >= 0.3 is 0 Å². The molecule has 1 saturated heterocycles. The summed E-state index contributed by atoms with van der Waals surface area (Å²) in [6.07, 6.45) is 84.3. The fourth-order valence-corrected chi connectivity index (χ4v) is 12.6. The summed E-state index contributed by atoms with van der Waals surface area (Å²) < 4.78 is 11.3. The van der Waals surface area contributed by atoms with Gasteiger partial charge in [0.15, 0.2) is 6.29 Å². The van der Waals surface area contributed by atoms with E-state index < -0.39 is 49.5 Å². The molecule has 87 heavy (non-hydrogen) atoms. The summed E-state index contributed by atoms with van der Waals surface area (Å²) in [6.45, 7) is 3.83. The summed E-state index contributed by atoms with van der Waals surface area (Å²) >= 11 is 0. The maximum atomic E-state index is 13.2. The van der Waals surface area contributed by atoms with E-state index in [1.54, 1.807) is 6.08 Å². The molecule has 9 nitrogen and oxygen atoms in total. The van der Waals surface area contributed by atoms with E-state index in [9.17, 15) is 30.3 Å². The molecule has 1 rings (SSSR count). The number of carbonyl (C=O) groups excluding carboxylic acids is 1. The van der Waals surface area contributed by atoms with Crippen molar-refractivity contribution in [3.63, 3.8) is 0 Å². The standard InChI is InChI=1S/C78H149NO8/c1-3-5-7-9-11-13-15-17-19-21-23-25-27-29-31-33-35-36-38-39-41-43-45-47-49-51-53-55-57-59-61-63-65-67-72(81)71(70-86-78-77(85)76(84)75(83)73(69-80)87-78)79-74(82)68-66-64-62-60-58-56-54-52-50-48-46-44-42-40-37-34-32-30-28-26-24-22-20-18-16-14-12-10-8-6-4-2/h22,24,57,59,65,67,71-73,75-78,80-81,83-85H,3-21,23,25-56,58,60-64,66,68-70H2,1-2H3,(H,79,82)/b24-22-,59-57+,67-65+. The van der Waals surface area contributed by atoms with Gasteiger partial charge in [-0.25, -0.2) is 0 Å². The van der Waals surface area contributed by atoms with Crippen LogP contribution in [0.15, 0.2) is 36.5 Å². The van der Waals surface area contributed by atoms with E-state index in [2.05, 4.69) is 43.5 Å². The van der Waals surface area contributed by atoms with Gasteiger partial charge in [0, 0.05) is 6.42 Å². The van der Waals surface area contributed by atoms with Crippen molar-refractivity contribution in [3.05, 3.63) is 36.5 Å². The van der Waals surface area contributed by atoms with Crippen LogP contribution in [-0.2, 0) is 14.3 Å². The van der Waals surface area contributed by atoms with Gasteiger partial charge in [0.25, 0.3) is 0 Å². The number of hydrogen-bond acceptors (Lipinski definition) is 8. The molecule has 1 fully saturated rings. The van der Waals surface area contributed by atoms with Gasteiger partial charge in [-0.05, 0) is 57.8 Å². The Morgan fingerprint density at radius 2 is 0.655 bits per heavy atom. The lowest BCUT2D eigenvalue weighted by Crippen LogP contribution is -2.60. The molecular weight excluding hydrogens is 1080 g/mol. The summed E-state index contributed by atoms with van der Waals surface area (Å²) in [5.74, 6) is -0.178. The molecule has 6 N–H and O–H groups in total. The van der Waals surface area contributed by atoms with Gasteiger partial charge in [-0.3, -0.25) is 4.79 Å². The minimum atomic E-state index is -1.57. The van der Waals surface area contributed by atoms with Crippen LogP contribution in [0.25, 0.3) is 0 Å². The van der Waals surface area contributed by atoms with Crippen molar-refractivity contribution in [3.8, 4) is 0 Å². The second-order valence-electron chi connectivity index (χ2n) is 27.1. The molecule has 9 heteroatoms. The van der Waals surface area contributed by atoms with Crippen LogP contribution in [-0.4, -0.2) is 87.5 Å². The van der Waals surface area contributed by atoms with Gasteiger partial charge in [-0.2, -0.15) is 0 Å². The number of carbonyl (C=O) groups is 1. The van der Waals surface area contributed by atoms with E-state index >= 15 is 0 Å². The number of aliphatic hydroxyl groups is 5. The topological polar surface area (TPSA) is 149 Å². The fourth-order valence-electron chi connectivity index (χ4n) is 12.6. The Labute approximate surface area is 540 Å². The maximum absolute atomic E-state index is 13.2. The highest BCUT2D eigenvalue weighted by atomic mass is 16.7. The molecule has 1 amide bonds. The van der Waals surface area contributed by atoms with E-state index in [4.69, 9.17) is 9.47 Å². The van der Waals surface area contributed by atoms with Crippen LogP contribution in [0.3, 0.4) is 0 Å². The van der Waals surface area contributed by atoms with Crippen molar-refractivity contribution < 1.29 is 39.8 Å². The van der Waals surface area contributed by atoms with Crippen molar-refractivity contribution in [1.29, 1.82) is 0 Å². The first kappa shape index (κ1) is 83.4. The predicted molar refractivity (Wildman–Crippen MR) is 373 cm³/mol. The number of rotatable bonds is 69. The Morgan fingerprint density at radius 3 is 0.966 bits per heavy atom. The second kappa shape index (κ2) is 67.3. The zero-order valence-electron chi connectivity index (χ0n) is 57.8. The van der Waals surface area contributed by atoms with E-state index in [0.717, 1.165) is 38.5 Å². The summed E-state index contributed by atoms with van der Waals surface area (Å²) in [7, 11) is 0. The summed E-state index contributed by atoms with van der Waals surface area (Å²) in [5, 5.41) is 54.8. The Hall–Kier alpha value is -1.59.